The summed E-state index contributed by atoms with van der Waals surface area (Å²) < 4.78 is 30.5. The highest BCUT2D eigenvalue weighted by Gasteiger charge is 2.52. The van der Waals surface area contributed by atoms with Crippen LogP contribution in [-0.2, 0) is 14.0 Å². The van der Waals surface area contributed by atoms with Gasteiger partial charge in [0.1, 0.15) is 11.4 Å². The normalized spacial score (nSPS) is 19.1. The lowest BCUT2D eigenvalue weighted by atomic mass is 9.77. The Kier molecular flexibility index (Phi) is 6.02. The van der Waals surface area contributed by atoms with E-state index < -0.39 is 35.8 Å². The molecule has 6 nitrogen and oxygen atoms in total. The van der Waals surface area contributed by atoms with Gasteiger partial charge in [0, 0.05) is 6.54 Å². The molecule has 1 aromatic rings. The first kappa shape index (κ1) is 21.4. The van der Waals surface area contributed by atoms with Crippen LogP contribution in [0.25, 0.3) is 6.08 Å². The van der Waals surface area contributed by atoms with Crippen molar-refractivity contribution in [3.05, 3.63) is 35.3 Å². The van der Waals surface area contributed by atoms with Gasteiger partial charge in [0.2, 0.25) is 0 Å². The van der Waals surface area contributed by atoms with Crippen molar-refractivity contribution in [3.63, 3.8) is 0 Å². The van der Waals surface area contributed by atoms with Gasteiger partial charge in [-0.3, -0.25) is 4.98 Å². The first-order valence-corrected chi connectivity index (χ1v) is 8.94. The third-order valence-electron chi connectivity index (χ3n) is 4.48. The van der Waals surface area contributed by atoms with Gasteiger partial charge in [0.25, 0.3) is 0 Å². The number of hydrogen-bond acceptors (Lipinski definition) is 5. The average Bonchev–Trinajstić information content (AvgIpc) is 2.72. The summed E-state index contributed by atoms with van der Waals surface area (Å²) >= 11 is 0. The number of rotatable bonds is 4. The minimum absolute atomic E-state index is 0.144. The number of nitrogens with one attached hydrogen (secondary N) is 1. The zero-order chi connectivity index (χ0) is 20.5. The van der Waals surface area contributed by atoms with Crippen LogP contribution in [0.5, 0.6) is 0 Å². The highest BCUT2D eigenvalue weighted by atomic mass is 19.1. The quantitative estimate of drug-likeness (QED) is 0.808. The fraction of sp³-hybridized carbons (Fsp3) is 0.579. The molecule has 0 bridgehead atoms. The summed E-state index contributed by atoms with van der Waals surface area (Å²) in [5.41, 5.74) is -0.472. The predicted octanol–water partition coefficient (Wildman–Crippen LogP) is 3.76. The smallest absolute Gasteiger partial charge is 0.444 e. The lowest BCUT2D eigenvalue weighted by Gasteiger charge is -2.32. The van der Waals surface area contributed by atoms with Crippen LogP contribution < -0.4 is 5.32 Å². The summed E-state index contributed by atoms with van der Waals surface area (Å²) in [6.07, 6.45) is 2.31. The Balaban J connectivity index is 2.22. The summed E-state index contributed by atoms with van der Waals surface area (Å²) in [5, 5.41) is 2.71. The molecule has 1 saturated heterocycles. The highest BCUT2D eigenvalue weighted by Crippen LogP contribution is 2.38. The monoisotopic (exact) mass is 378 g/mol. The maximum atomic E-state index is 13.1. The molecule has 0 radical (unpaired) electrons. The van der Waals surface area contributed by atoms with Crippen molar-refractivity contribution in [1.29, 1.82) is 0 Å². The van der Waals surface area contributed by atoms with Gasteiger partial charge >= 0.3 is 13.2 Å². The van der Waals surface area contributed by atoms with E-state index in [0.717, 1.165) is 6.20 Å². The largest absolute Gasteiger partial charge is 0.492 e. The first-order chi connectivity index (χ1) is 12.3. The number of ether oxygens (including phenoxy) is 1. The number of aromatic nitrogens is 1. The fourth-order valence-electron chi connectivity index (χ4n) is 2.35. The van der Waals surface area contributed by atoms with Crippen LogP contribution in [0.3, 0.4) is 0 Å². The molecule has 1 N–H and O–H groups in total. The topological polar surface area (TPSA) is 69.7 Å². The molecule has 8 heteroatoms. The number of nitrogens with zero attached hydrogens (tertiary/aromatic N) is 1. The molecule has 148 valence electrons. The van der Waals surface area contributed by atoms with E-state index in [2.05, 4.69) is 10.3 Å². The van der Waals surface area contributed by atoms with Gasteiger partial charge in [0.15, 0.2) is 0 Å². The predicted molar refractivity (Wildman–Crippen MR) is 102 cm³/mol. The van der Waals surface area contributed by atoms with E-state index in [0.29, 0.717) is 11.2 Å². The van der Waals surface area contributed by atoms with Crippen molar-refractivity contribution >= 4 is 19.3 Å². The lowest BCUT2D eigenvalue weighted by Crippen LogP contribution is -2.41. The van der Waals surface area contributed by atoms with Crippen molar-refractivity contribution in [2.24, 2.45) is 0 Å². The Morgan fingerprint density at radius 1 is 1.26 bits per heavy atom. The Hall–Kier alpha value is -1.93. The van der Waals surface area contributed by atoms with Crippen molar-refractivity contribution in [2.75, 3.05) is 6.54 Å². The van der Waals surface area contributed by atoms with Gasteiger partial charge in [-0.1, -0.05) is 0 Å². The van der Waals surface area contributed by atoms with E-state index in [9.17, 15) is 9.18 Å². The number of hydrogen-bond donors (Lipinski definition) is 1. The average molecular weight is 378 g/mol. The summed E-state index contributed by atoms with van der Waals surface area (Å²) in [4.78, 5) is 16.1. The molecule has 0 spiro atoms. The number of alkyl carbamates (subject to hydrolysis) is 1. The van der Waals surface area contributed by atoms with Crippen LogP contribution in [0.4, 0.5) is 9.18 Å². The van der Waals surface area contributed by atoms with E-state index in [1.54, 1.807) is 32.9 Å². The van der Waals surface area contributed by atoms with Crippen LogP contribution in [0.2, 0.25) is 0 Å². The molecular formula is C19H28BFN2O4. The van der Waals surface area contributed by atoms with Crippen molar-refractivity contribution < 1.29 is 23.2 Å². The Morgan fingerprint density at radius 3 is 2.33 bits per heavy atom. The zero-order valence-corrected chi connectivity index (χ0v) is 17.1. The molecule has 1 aromatic heterocycles. The fourth-order valence-corrected chi connectivity index (χ4v) is 2.35. The van der Waals surface area contributed by atoms with E-state index in [1.165, 1.54) is 6.07 Å². The van der Waals surface area contributed by atoms with Gasteiger partial charge < -0.3 is 19.4 Å². The Bertz CT molecular complexity index is 695. The third-order valence-corrected chi connectivity index (χ3v) is 4.48. The van der Waals surface area contributed by atoms with Gasteiger partial charge in [0.05, 0.1) is 23.1 Å². The minimum Gasteiger partial charge on any atom is -0.444 e. The summed E-state index contributed by atoms with van der Waals surface area (Å²) in [5.74, 6) is -0.420. The van der Waals surface area contributed by atoms with Crippen LogP contribution in [0, 0.1) is 5.82 Å². The molecule has 27 heavy (non-hydrogen) atoms. The summed E-state index contributed by atoms with van der Waals surface area (Å²) in [6, 6.07) is 2.87. The molecule has 0 saturated carbocycles. The molecule has 1 aliphatic rings. The first-order valence-electron chi connectivity index (χ1n) is 8.94. The van der Waals surface area contributed by atoms with Crippen LogP contribution in [0.15, 0.2) is 23.8 Å². The highest BCUT2D eigenvalue weighted by molar-refractivity contribution is 6.56. The van der Waals surface area contributed by atoms with Gasteiger partial charge in [-0.05, 0) is 72.1 Å². The molecule has 0 aromatic carbocycles. The van der Waals surface area contributed by atoms with Crippen molar-refractivity contribution in [3.8, 4) is 0 Å². The molecule has 2 rings (SSSR count). The Labute approximate surface area is 160 Å². The summed E-state index contributed by atoms with van der Waals surface area (Å²) in [7, 11) is -0.670. The summed E-state index contributed by atoms with van der Waals surface area (Å²) in [6.45, 7) is 13.3. The molecular weight excluding hydrogens is 350 g/mol. The van der Waals surface area contributed by atoms with Crippen molar-refractivity contribution in [2.45, 2.75) is 65.3 Å². The zero-order valence-electron chi connectivity index (χ0n) is 17.1. The minimum atomic E-state index is -0.670. The standard InChI is InChI=1S/C19H28BFN2O4/c1-17(2,3)25-16(24)23-11-13(10-15-9-8-14(21)12-22-15)20-26-18(4,5)19(6,7)27-20/h8-10,12H,11H2,1-7H3,(H,23,24). The van der Waals surface area contributed by atoms with Gasteiger partial charge in [-0.15, -0.1) is 0 Å². The van der Waals surface area contributed by atoms with E-state index in [-0.39, 0.29) is 6.54 Å². The van der Waals surface area contributed by atoms with Gasteiger partial charge in [-0.2, -0.15) is 0 Å². The number of carbonyl (C=O) groups excluding carboxylic acids is 1. The van der Waals surface area contributed by atoms with Crippen molar-refractivity contribution in [1.82, 2.24) is 10.3 Å². The van der Waals surface area contributed by atoms with Gasteiger partial charge in [-0.25, -0.2) is 9.18 Å². The SMILES string of the molecule is CC(C)(C)OC(=O)NCC(=Cc1ccc(F)cn1)B1OC(C)(C)C(C)(C)O1. The number of carbonyl (C=O) groups is 1. The van der Waals surface area contributed by atoms with Crippen LogP contribution >= 0.6 is 0 Å². The number of amides is 1. The van der Waals surface area contributed by atoms with E-state index in [4.69, 9.17) is 14.0 Å². The molecule has 0 atom stereocenters. The molecule has 0 aliphatic carbocycles. The molecule has 1 fully saturated rings. The maximum Gasteiger partial charge on any atom is 0.492 e. The van der Waals surface area contributed by atoms with E-state index >= 15 is 0 Å². The Morgan fingerprint density at radius 2 is 1.85 bits per heavy atom. The maximum absolute atomic E-state index is 13.1. The molecule has 2 heterocycles. The molecule has 0 unspecified atom stereocenters. The second-order valence-electron chi connectivity index (χ2n) is 8.56. The lowest BCUT2D eigenvalue weighted by molar-refractivity contribution is 0.00578. The van der Waals surface area contributed by atoms with Crippen LogP contribution in [-0.4, -0.2) is 41.5 Å². The number of halogens is 1. The molecule has 1 amide bonds. The molecule has 1 aliphatic heterocycles. The second kappa shape index (κ2) is 7.60. The van der Waals surface area contributed by atoms with Crippen LogP contribution in [0.1, 0.15) is 54.2 Å². The second-order valence-corrected chi connectivity index (χ2v) is 8.56. The van der Waals surface area contributed by atoms with E-state index in [1.807, 2.05) is 27.7 Å². The number of pyridine rings is 1. The third kappa shape index (κ3) is 5.77.